The standard InChI is InChI=1S/C14H9Cl3N2O3S/c15-8-2-4-11(12(5-8)19(21)22)18-14(20)7-23-13-6-9(16)1-3-10(13)17/h1-6H,7H2,(H,18,20). The number of hydrogen-bond donors (Lipinski definition) is 1. The number of anilines is 1. The number of nitrogens with one attached hydrogen (secondary N) is 1. The predicted molar refractivity (Wildman–Crippen MR) is 93.9 cm³/mol. The van der Waals surface area contributed by atoms with Crippen molar-refractivity contribution >= 4 is 63.8 Å². The van der Waals surface area contributed by atoms with E-state index >= 15 is 0 Å². The van der Waals surface area contributed by atoms with Crippen LogP contribution in [0.3, 0.4) is 0 Å². The second kappa shape index (κ2) is 7.88. The summed E-state index contributed by atoms with van der Waals surface area (Å²) in [6.07, 6.45) is 0. The number of benzene rings is 2. The van der Waals surface area contributed by atoms with Crippen LogP contribution >= 0.6 is 46.6 Å². The molecule has 1 N–H and O–H groups in total. The number of nitro groups is 1. The first-order valence-electron chi connectivity index (χ1n) is 6.18. The molecular formula is C14H9Cl3N2O3S. The van der Waals surface area contributed by atoms with Crippen molar-refractivity contribution in [2.75, 3.05) is 11.1 Å². The molecular weight excluding hydrogens is 383 g/mol. The average molecular weight is 392 g/mol. The van der Waals surface area contributed by atoms with Gasteiger partial charge < -0.3 is 5.32 Å². The zero-order valence-corrected chi connectivity index (χ0v) is 14.5. The minimum Gasteiger partial charge on any atom is -0.320 e. The maximum atomic E-state index is 12.0. The minimum atomic E-state index is -0.609. The fourth-order valence-electron chi connectivity index (χ4n) is 1.68. The van der Waals surface area contributed by atoms with Gasteiger partial charge in [0.2, 0.25) is 5.91 Å². The molecule has 0 aliphatic rings. The highest BCUT2D eigenvalue weighted by Gasteiger charge is 2.16. The second-order valence-electron chi connectivity index (χ2n) is 4.33. The van der Waals surface area contributed by atoms with E-state index in [0.717, 1.165) is 0 Å². The molecule has 0 bridgehead atoms. The molecule has 0 aliphatic heterocycles. The molecule has 0 aliphatic carbocycles. The van der Waals surface area contributed by atoms with Crippen molar-refractivity contribution in [2.45, 2.75) is 4.90 Å². The summed E-state index contributed by atoms with van der Waals surface area (Å²) in [6.45, 7) is 0. The number of halogens is 3. The molecule has 0 heterocycles. The van der Waals surface area contributed by atoms with E-state index in [4.69, 9.17) is 34.8 Å². The third-order valence-corrected chi connectivity index (χ3v) is 4.65. The Labute approximate surface area is 151 Å². The topological polar surface area (TPSA) is 72.2 Å². The molecule has 0 unspecified atom stereocenters. The quantitative estimate of drug-likeness (QED) is 0.427. The summed E-state index contributed by atoms with van der Waals surface area (Å²) in [7, 11) is 0. The van der Waals surface area contributed by atoms with Crippen molar-refractivity contribution < 1.29 is 9.72 Å². The molecule has 1 amide bonds. The van der Waals surface area contributed by atoms with Crippen molar-refractivity contribution in [2.24, 2.45) is 0 Å². The van der Waals surface area contributed by atoms with Crippen LogP contribution in [0.1, 0.15) is 0 Å². The van der Waals surface area contributed by atoms with E-state index in [2.05, 4.69) is 5.32 Å². The second-order valence-corrected chi connectivity index (χ2v) is 6.63. The van der Waals surface area contributed by atoms with Gasteiger partial charge in [0.05, 0.1) is 15.7 Å². The molecule has 0 saturated carbocycles. The molecule has 5 nitrogen and oxygen atoms in total. The number of carbonyl (C=O) groups is 1. The van der Waals surface area contributed by atoms with Crippen molar-refractivity contribution in [1.29, 1.82) is 0 Å². The lowest BCUT2D eigenvalue weighted by atomic mass is 10.2. The number of thioether (sulfide) groups is 1. The van der Waals surface area contributed by atoms with Gasteiger partial charge in [-0.25, -0.2) is 0 Å². The van der Waals surface area contributed by atoms with E-state index in [1.807, 2.05) is 0 Å². The highest BCUT2D eigenvalue weighted by atomic mass is 35.5. The molecule has 0 spiro atoms. The van der Waals surface area contributed by atoms with Gasteiger partial charge in [0.25, 0.3) is 5.69 Å². The van der Waals surface area contributed by atoms with Crippen molar-refractivity contribution in [1.82, 2.24) is 0 Å². The Bertz CT molecular complexity index is 771. The summed E-state index contributed by atoms with van der Waals surface area (Å²) in [5.41, 5.74) is -0.182. The van der Waals surface area contributed by atoms with Crippen LogP contribution in [-0.4, -0.2) is 16.6 Å². The van der Waals surface area contributed by atoms with E-state index in [-0.39, 0.29) is 22.2 Å². The largest absolute Gasteiger partial charge is 0.320 e. The first-order chi connectivity index (χ1) is 10.9. The molecule has 23 heavy (non-hydrogen) atoms. The predicted octanol–water partition coefficient (Wildman–Crippen LogP) is 5.29. The summed E-state index contributed by atoms with van der Waals surface area (Å²) in [6, 6.07) is 8.95. The Balaban J connectivity index is 2.06. The smallest absolute Gasteiger partial charge is 0.294 e. The SMILES string of the molecule is O=C(CSc1cc(Cl)ccc1Cl)Nc1ccc(Cl)cc1[N+](=O)[O-]. The Kier molecular flexibility index (Phi) is 6.12. The summed E-state index contributed by atoms with van der Waals surface area (Å²) in [5, 5.41) is 14.7. The molecule has 0 atom stereocenters. The fraction of sp³-hybridized carbons (Fsp3) is 0.0714. The summed E-state index contributed by atoms with van der Waals surface area (Å²) < 4.78 is 0. The van der Waals surface area contributed by atoms with Crippen LogP contribution in [0.15, 0.2) is 41.3 Å². The molecule has 0 saturated heterocycles. The number of carbonyl (C=O) groups excluding carboxylic acids is 1. The van der Waals surface area contributed by atoms with Crippen LogP contribution in [0.4, 0.5) is 11.4 Å². The van der Waals surface area contributed by atoms with Crippen LogP contribution < -0.4 is 5.32 Å². The van der Waals surface area contributed by atoms with Crippen molar-refractivity contribution in [3.8, 4) is 0 Å². The van der Waals surface area contributed by atoms with Gasteiger partial charge in [0.1, 0.15) is 5.69 Å². The first-order valence-corrected chi connectivity index (χ1v) is 8.30. The highest BCUT2D eigenvalue weighted by molar-refractivity contribution is 8.00. The van der Waals surface area contributed by atoms with Gasteiger partial charge in [0.15, 0.2) is 0 Å². The lowest BCUT2D eigenvalue weighted by Gasteiger charge is -2.07. The minimum absolute atomic E-state index is 0.0276. The lowest BCUT2D eigenvalue weighted by molar-refractivity contribution is -0.383. The van der Waals surface area contributed by atoms with Gasteiger partial charge >= 0.3 is 0 Å². The molecule has 0 radical (unpaired) electrons. The first kappa shape index (κ1) is 17.9. The molecule has 0 aromatic heterocycles. The molecule has 120 valence electrons. The molecule has 2 rings (SSSR count). The Morgan fingerprint density at radius 1 is 1.13 bits per heavy atom. The summed E-state index contributed by atoms with van der Waals surface area (Å²) in [4.78, 5) is 23.0. The van der Waals surface area contributed by atoms with E-state index in [1.165, 1.54) is 30.0 Å². The lowest BCUT2D eigenvalue weighted by Crippen LogP contribution is -2.15. The van der Waals surface area contributed by atoms with E-state index < -0.39 is 10.8 Å². The maximum absolute atomic E-state index is 12.0. The Morgan fingerprint density at radius 3 is 2.48 bits per heavy atom. The van der Waals surface area contributed by atoms with Crippen LogP contribution in [0.25, 0.3) is 0 Å². The van der Waals surface area contributed by atoms with Crippen molar-refractivity contribution in [3.63, 3.8) is 0 Å². The zero-order chi connectivity index (χ0) is 17.0. The Hall–Kier alpha value is -1.47. The Morgan fingerprint density at radius 2 is 1.78 bits per heavy atom. The van der Waals surface area contributed by atoms with Crippen LogP contribution in [-0.2, 0) is 4.79 Å². The summed E-state index contributed by atoms with van der Waals surface area (Å²) in [5.74, 6) is -0.378. The van der Waals surface area contributed by atoms with Crippen LogP contribution in [0, 0.1) is 10.1 Å². The average Bonchev–Trinajstić information content (AvgIpc) is 2.49. The summed E-state index contributed by atoms with van der Waals surface area (Å²) >= 11 is 18.8. The number of rotatable bonds is 5. The third kappa shape index (κ3) is 5.00. The van der Waals surface area contributed by atoms with Crippen LogP contribution in [0.2, 0.25) is 15.1 Å². The molecule has 2 aromatic rings. The zero-order valence-electron chi connectivity index (χ0n) is 11.4. The molecule has 2 aromatic carbocycles. The number of nitro benzene ring substituents is 1. The molecule has 9 heteroatoms. The maximum Gasteiger partial charge on any atom is 0.294 e. The number of nitrogens with zero attached hydrogens (tertiary/aromatic N) is 1. The van der Waals surface area contributed by atoms with E-state index in [1.54, 1.807) is 18.2 Å². The fourth-order valence-corrected chi connectivity index (χ4v) is 3.14. The highest BCUT2D eigenvalue weighted by Crippen LogP contribution is 2.31. The number of hydrogen-bond acceptors (Lipinski definition) is 4. The normalized spacial score (nSPS) is 10.4. The van der Waals surface area contributed by atoms with Gasteiger partial charge in [-0.2, -0.15) is 0 Å². The van der Waals surface area contributed by atoms with Gasteiger partial charge in [-0.15, -0.1) is 11.8 Å². The van der Waals surface area contributed by atoms with Crippen LogP contribution in [0.5, 0.6) is 0 Å². The third-order valence-electron chi connectivity index (χ3n) is 2.68. The van der Waals surface area contributed by atoms with Gasteiger partial charge in [0, 0.05) is 21.0 Å². The molecule has 0 fully saturated rings. The van der Waals surface area contributed by atoms with Gasteiger partial charge in [-0.1, -0.05) is 34.8 Å². The number of amides is 1. The van der Waals surface area contributed by atoms with E-state index in [0.29, 0.717) is 14.9 Å². The van der Waals surface area contributed by atoms with E-state index in [9.17, 15) is 14.9 Å². The van der Waals surface area contributed by atoms with Crippen molar-refractivity contribution in [3.05, 3.63) is 61.6 Å². The van der Waals surface area contributed by atoms with Gasteiger partial charge in [-0.3, -0.25) is 14.9 Å². The van der Waals surface area contributed by atoms with Gasteiger partial charge in [-0.05, 0) is 30.3 Å². The monoisotopic (exact) mass is 390 g/mol.